The fourth-order valence-corrected chi connectivity index (χ4v) is 2.00. The number of carbonyl (C=O) groups is 1. The number of allylic oxidation sites excluding steroid dienone is 2. The molecule has 4 nitrogen and oxygen atoms in total. The fraction of sp³-hybridized carbons (Fsp3) is 0.769. The molecule has 1 rings (SSSR count). The molecule has 0 aromatic rings. The van der Waals surface area contributed by atoms with E-state index >= 15 is 0 Å². The lowest BCUT2D eigenvalue weighted by atomic mass is 9.94. The molecule has 0 aliphatic heterocycles. The molecule has 0 bridgehead atoms. The first kappa shape index (κ1) is 14.2. The number of hydrogen-bond donors (Lipinski definition) is 2. The van der Waals surface area contributed by atoms with Gasteiger partial charge >= 0.3 is 0 Å². The molecular formula is C13H24N2O2. The van der Waals surface area contributed by atoms with Gasteiger partial charge in [0.1, 0.15) is 0 Å². The van der Waals surface area contributed by atoms with Crippen LogP contribution in [0.3, 0.4) is 0 Å². The van der Waals surface area contributed by atoms with Crippen LogP contribution in [0, 0.1) is 5.92 Å². The molecule has 17 heavy (non-hydrogen) atoms. The summed E-state index contributed by atoms with van der Waals surface area (Å²) in [5.74, 6) is 0.547. The highest BCUT2D eigenvalue weighted by molar-refractivity contribution is 5.81. The van der Waals surface area contributed by atoms with Crippen molar-refractivity contribution in [3.63, 3.8) is 0 Å². The summed E-state index contributed by atoms with van der Waals surface area (Å²) in [6, 6.07) is -0.399. The smallest absolute Gasteiger partial charge is 0.236 e. The largest absolute Gasteiger partial charge is 0.385 e. The van der Waals surface area contributed by atoms with Gasteiger partial charge in [0.05, 0.1) is 6.04 Å². The van der Waals surface area contributed by atoms with Crippen LogP contribution < -0.4 is 11.1 Å². The predicted octanol–water partition coefficient (Wildman–Crippen LogP) is 1.21. The second-order valence-corrected chi connectivity index (χ2v) is 4.64. The second-order valence-electron chi connectivity index (χ2n) is 4.64. The van der Waals surface area contributed by atoms with E-state index < -0.39 is 6.04 Å². The molecule has 2 unspecified atom stereocenters. The lowest BCUT2D eigenvalue weighted by Gasteiger charge is -2.19. The van der Waals surface area contributed by atoms with Crippen molar-refractivity contribution in [3.8, 4) is 0 Å². The maximum Gasteiger partial charge on any atom is 0.236 e. The molecule has 1 amide bonds. The van der Waals surface area contributed by atoms with E-state index in [2.05, 4.69) is 17.5 Å². The zero-order valence-electron chi connectivity index (χ0n) is 10.7. The van der Waals surface area contributed by atoms with E-state index in [1.54, 1.807) is 7.11 Å². The van der Waals surface area contributed by atoms with Gasteiger partial charge in [0.2, 0.25) is 5.91 Å². The monoisotopic (exact) mass is 240 g/mol. The minimum Gasteiger partial charge on any atom is -0.385 e. The van der Waals surface area contributed by atoms with Crippen molar-refractivity contribution in [2.75, 3.05) is 20.3 Å². The highest BCUT2D eigenvalue weighted by Gasteiger charge is 2.15. The van der Waals surface area contributed by atoms with Gasteiger partial charge in [-0.3, -0.25) is 4.79 Å². The second kappa shape index (κ2) is 8.25. The standard InChI is InChI=1S/C13H24N2O2/c1-17-9-5-8-12(14)13(16)15-10-11-6-3-2-4-7-11/h2-3,11-12H,4-10,14H2,1H3,(H,15,16). The molecule has 0 aromatic heterocycles. The average Bonchev–Trinajstić information content (AvgIpc) is 2.37. The van der Waals surface area contributed by atoms with Gasteiger partial charge in [0, 0.05) is 20.3 Å². The molecule has 0 spiro atoms. The first-order chi connectivity index (χ1) is 8.24. The predicted molar refractivity (Wildman–Crippen MR) is 68.6 cm³/mol. The van der Waals surface area contributed by atoms with Gasteiger partial charge in [-0.15, -0.1) is 0 Å². The minimum absolute atomic E-state index is 0.0318. The first-order valence-electron chi connectivity index (χ1n) is 6.41. The van der Waals surface area contributed by atoms with Gasteiger partial charge in [-0.1, -0.05) is 12.2 Å². The molecule has 3 N–H and O–H groups in total. The van der Waals surface area contributed by atoms with Crippen LogP contribution in [0.25, 0.3) is 0 Å². The van der Waals surface area contributed by atoms with Gasteiger partial charge in [-0.25, -0.2) is 0 Å². The number of methoxy groups -OCH3 is 1. The molecule has 98 valence electrons. The van der Waals surface area contributed by atoms with E-state index in [1.807, 2.05) is 0 Å². The van der Waals surface area contributed by atoms with Crippen LogP contribution >= 0.6 is 0 Å². The van der Waals surface area contributed by atoms with Crippen molar-refractivity contribution < 1.29 is 9.53 Å². The van der Waals surface area contributed by atoms with Gasteiger partial charge in [0.15, 0.2) is 0 Å². The molecule has 2 atom stereocenters. The molecular weight excluding hydrogens is 216 g/mol. The van der Waals surface area contributed by atoms with Crippen molar-refractivity contribution in [1.82, 2.24) is 5.32 Å². The number of nitrogens with one attached hydrogen (secondary N) is 1. The summed E-state index contributed by atoms with van der Waals surface area (Å²) in [5.41, 5.74) is 5.79. The van der Waals surface area contributed by atoms with Gasteiger partial charge in [0.25, 0.3) is 0 Å². The first-order valence-corrected chi connectivity index (χ1v) is 6.41. The molecule has 1 aliphatic carbocycles. The summed E-state index contributed by atoms with van der Waals surface area (Å²) in [6.45, 7) is 1.41. The number of ether oxygens (including phenoxy) is 1. The molecule has 0 radical (unpaired) electrons. The summed E-state index contributed by atoms with van der Waals surface area (Å²) in [5, 5.41) is 2.94. The van der Waals surface area contributed by atoms with Crippen LogP contribution in [0.15, 0.2) is 12.2 Å². The quantitative estimate of drug-likeness (QED) is 0.519. The number of amides is 1. The van der Waals surface area contributed by atoms with Crippen LogP contribution in [0.5, 0.6) is 0 Å². The van der Waals surface area contributed by atoms with Gasteiger partial charge in [-0.2, -0.15) is 0 Å². The number of rotatable bonds is 7. The lowest BCUT2D eigenvalue weighted by molar-refractivity contribution is -0.122. The molecule has 1 aliphatic rings. The average molecular weight is 240 g/mol. The Labute approximate surface area is 104 Å². The van der Waals surface area contributed by atoms with E-state index in [4.69, 9.17) is 10.5 Å². The Morgan fingerprint density at radius 2 is 2.41 bits per heavy atom. The highest BCUT2D eigenvalue weighted by Crippen LogP contribution is 2.16. The number of carbonyl (C=O) groups excluding carboxylic acids is 1. The third kappa shape index (κ3) is 5.84. The summed E-state index contributed by atoms with van der Waals surface area (Å²) in [6.07, 6.45) is 9.27. The van der Waals surface area contributed by atoms with Crippen LogP contribution in [-0.2, 0) is 9.53 Å². The Balaban J connectivity index is 2.12. The normalized spacial score (nSPS) is 21.2. The number of nitrogens with two attached hydrogens (primary N) is 1. The number of hydrogen-bond acceptors (Lipinski definition) is 3. The Bertz CT molecular complexity index is 254. The lowest BCUT2D eigenvalue weighted by Crippen LogP contribution is -2.42. The summed E-state index contributed by atoms with van der Waals surface area (Å²) in [4.78, 5) is 11.7. The summed E-state index contributed by atoms with van der Waals surface area (Å²) < 4.78 is 4.93. The zero-order valence-corrected chi connectivity index (χ0v) is 10.7. The van der Waals surface area contributed by atoms with Crippen LogP contribution in [0.2, 0.25) is 0 Å². The Hall–Kier alpha value is -0.870. The van der Waals surface area contributed by atoms with Crippen molar-refractivity contribution in [3.05, 3.63) is 12.2 Å². The van der Waals surface area contributed by atoms with E-state index in [0.717, 1.165) is 32.2 Å². The third-order valence-corrected chi connectivity index (χ3v) is 3.14. The van der Waals surface area contributed by atoms with Crippen LogP contribution in [0.1, 0.15) is 32.1 Å². The maximum atomic E-state index is 11.7. The van der Waals surface area contributed by atoms with Crippen LogP contribution in [-0.4, -0.2) is 32.2 Å². The molecule has 0 saturated heterocycles. The van der Waals surface area contributed by atoms with E-state index in [1.165, 1.54) is 0 Å². The zero-order chi connectivity index (χ0) is 12.5. The molecule has 0 fully saturated rings. The molecule has 4 heteroatoms. The molecule has 0 aromatic carbocycles. The highest BCUT2D eigenvalue weighted by atomic mass is 16.5. The van der Waals surface area contributed by atoms with E-state index in [0.29, 0.717) is 18.9 Å². The topological polar surface area (TPSA) is 64.3 Å². The Morgan fingerprint density at radius 3 is 3.06 bits per heavy atom. The van der Waals surface area contributed by atoms with E-state index in [-0.39, 0.29) is 5.91 Å². The Kier molecular flexibility index (Phi) is 6.89. The van der Waals surface area contributed by atoms with Crippen molar-refractivity contribution in [2.24, 2.45) is 11.7 Å². The van der Waals surface area contributed by atoms with Crippen molar-refractivity contribution in [1.29, 1.82) is 0 Å². The molecule has 0 heterocycles. The Morgan fingerprint density at radius 1 is 1.59 bits per heavy atom. The van der Waals surface area contributed by atoms with Crippen molar-refractivity contribution >= 4 is 5.91 Å². The SMILES string of the molecule is COCCCC(N)C(=O)NCC1CC=CCC1. The van der Waals surface area contributed by atoms with E-state index in [9.17, 15) is 4.79 Å². The third-order valence-electron chi connectivity index (χ3n) is 3.14. The molecule has 0 saturated carbocycles. The van der Waals surface area contributed by atoms with Crippen molar-refractivity contribution in [2.45, 2.75) is 38.1 Å². The summed E-state index contributed by atoms with van der Waals surface area (Å²) >= 11 is 0. The van der Waals surface area contributed by atoms with Gasteiger partial charge < -0.3 is 15.8 Å². The van der Waals surface area contributed by atoms with Gasteiger partial charge in [-0.05, 0) is 38.0 Å². The summed E-state index contributed by atoms with van der Waals surface area (Å²) in [7, 11) is 1.65. The minimum atomic E-state index is -0.399. The fourth-order valence-electron chi connectivity index (χ4n) is 2.00. The maximum absolute atomic E-state index is 11.7. The van der Waals surface area contributed by atoms with Crippen LogP contribution in [0.4, 0.5) is 0 Å².